The average Bonchev–Trinajstić information content (AvgIpc) is 1.87. The Morgan fingerprint density at radius 3 is 2.29 bits per heavy atom. The molecule has 0 aromatic heterocycles. The molecule has 0 spiro atoms. The summed E-state index contributed by atoms with van der Waals surface area (Å²) in [7, 11) is 0. The van der Waals surface area contributed by atoms with Gasteiger partial charge in [0.05, 0.1) is 0 Å². The summed E-state index contributed by atoms with van der Waals surface area (Å²) in [4.78, 5) is 0.836. The summed E-state index contributed by atoms with van der Waals surface area (Å²) in [6.45, 7) is 2.32. The lowest BCUT2D eigenvalue weighted by atomic mass is 10.2. The fraction of sp³-hybridized carbons (Fsp3) is 1.00. The van der Waals surface area contributed by atoms with Gasteiger partial charge in [0.25, 0.3) is 0 Å². The van der Waals surface area contributed by atoms with Crippen molar-refractivity contribution in [2.75, 3.05) is 0 Å². The number of alkyl halides is 1. The Balaban J connectivity index is 2.26. The number of halogens is 1. The Kier molecular flexibility index (Phi) is 1.74. The fourth-order valence-electron chi connectivity index (χ4n) is 1.14. The summed E-state index contributed by atoms with van der Waals surface area (Å²) in [5.74, 6) is 0.976. The molecule has 1 saturated carbocycles. The second-order valence-corrected chi connectivity index (χ2v) is 3.81. The van der Waals surface area contributed by atoms with Gasteiger partial charge in [-0.1, -0.05) is 22.9 Å². The van der Waals surface area contributed by atoms with Crippen LogP contribution in [0.5, 0.6) is 0 Å². The van der Waals surface area contributed by atoms with Gasteiger partial charge in [-0.3, -0.25) is 0 Å². The quantitative estimate of drug-likeness (QED) is 0.481. The topological polar surface area (TPSA) is 0 Å². The predicted molar refractivity (Wildman–Crippen MR) is 35.7 cm³/mol. The molecular weight excluding hydrogens is 152 g/mol. The molecular formula is C6H11Br. The van der Waals surface area contributed by atoms with E-state index in [1.54, 1.807) is 0 Å². The third kappa shape index (κ3) is 1.45. The first kappa shape index (κ1) is 5.61. The average molecular weight is 163 g/mol. The fourth-order valence-corrected chi connectivity index (χ4v) is 2.04. The van der Waals surface area contributed by atoms with Crippen molar-refractivity contribution in [3.63, 3.8) is 0 Å². The highest BCUT2D eigenvalue weighted by Crippen LogP contribution is 2.29. The van der Waals surface area contributed by atoms with E-state index in [1.165, 1.54) is 19.3 Å². The van der Waals surface area contributed by atoms with Gasteiger partial charge in [-0.05, 0) is 25.2 Å². The van der Waals surface area contributed by atoms with E-state index in [0.717, 1.165) is 10.7 Å². The second-order valence-electron chi connectivity index (χ2n) is 2.52. The van der Waals surface area contributed by atoms with Crippen molar-refractivity contribution in [2.45, 2.75) is 31.0 Å². The van der Waals surface area contributed by atoms with Gasteiger partial charge in [-0.2, -0.15) is 0 Å². The molecule has 1 heteroatoms. The molecule has 7 heavy (non-hydrogen) atoms. The molecule has 2 atom stereocenters. The Morgan fingerprint density at radius 1 is 1.43 bits per heavy atom. The van der Waals surface area contributed by atoms with Crippen molar-refractivity contribution >= 4 is 15.9 Å². The van der Waals surface area contributed by atoms with Gasteiger partial charge >= 0.3 is 0 Å². The van der Waals surface area contributed by atoms with Crippen molar-refractivity contribution in [1.82, 2.24) is 0 Å². The Bertz CT molecular complexity index is 53.2. The SMILES string of the molecule is C[C@H]1CC[C@H](Br)C1. The van der Waals surface area contributed by atoms with Gasteiger partial charge in [0.1, 0.15) is 0 Å². The maximum Gasteiger partial charge on any atom is 0.0148 e. The van der Waals surface area contributed by atoms with Crippen LogP contribution in [0.4, 0.5) is 0 Å². The van der Waals surface area contributed by atoms with Crippen LogP contribution in [0, 0.1) is 5.92 Å². The molecule has 0 radical (unpaired) electrons. The first-order chi connectivity index (χ1) is 3.29. The Hall–Kier alpha value is 0.480. The molecule has 1 rings (SSSR count). The van der Waals surface area contributed by atoms with Crippen LogP contribution in [-0.2, 0) is 0 Å². The minimum Gasteiger partial charge on any atom is -0.0891 e. The molecule has 0 heterocycles. The maximum atomic E-state index is 3.58. The van der Waals surface area contributed by atoms with Crippen LogP contribution >= 0.6 is 15.9 Å². The third-order valence-electron chi connectivity index (χ3n) is 1.63. The molecule has 1 aliphatic carbocycles. The normalized spacial score (nSPS) is 42.0. The predicted octanol–water partition coefficient (Wildman–Crippen LogP) is 2.57. The molecule has 1 aliphatic rings. The van der Waals surface area contributed by atoms with E-state index in [9.17, 15) is 0 Å². The Morgan fingerprint density at radius 2 is 2.14 bits per heavy atom. The summed E-state index contributed by atoms with van der Waals surface area (Å²) in [5.41, 5.74) is 0. The van der Waals surface area contributed by atoms with Crippen LogP contribution in [0.25, 0.3) is 0 Å². The van der Waals surface area contributed by atoms with E-state index in [1.807, 2.05) is 0 Å². The summed E-state index contributed by atoms with van der Waals surface area (Å²) < 4.78 is 0. The molecule has 0 N–H and O–H groups in total. The van der Waals surface area contributed by atoms with Crippen LogP contribution in [0.1, 0.15) is 26.2 Å². The van der Waals surface area contributed by atoms with Crippen molar-refractivity contribution in [2.24, 2.45) is 5.92 Å². The van der Waals surface area contributed by atoms with E-state index < -0.39 is 0 Å². The van der Waals surface area contributed by atoms with Gasteiger partial charge in [0.2, 0.25) is 0 Å². The standard InChI is InChI=1S/C6H11Br/c1-5-2-3-6(7)4-5/h5-6H,2-4H2,1H3/t5-,6-/m0/s1. The zero-order valence-electron chi connectivity index (χ0n) is 4.65. The number of hydrogen-bond acceptors (Lipinski definition) is 0. The lowest BCUT2D eigenvalue weighted by molar-refractivity contribution is 0.614. The van der Waals surface area contributed by atoms with Crippen molar-refractivity contribution in [1.29, 1.82) is 0 Å². The summed E-state index contributed by atoms with van der Waals surface area (Å²) in [6.07, 6.45) is 4.21. The zero-order valence-corrected chi connectivity index (χ0v) is 6.24. The first-order valence-electron chi connectivity index (χ1n) is 2.93. The third-order valence-corrected chi connectivity index (χ3v) is 2.46. The van der Waals surface area contributed by atoms with Gasteiger partial charge in [-0.25, -0.2) is 0 Å². The van der Waals surface area contributed by atoms with Crippen LogP contribution in [0.15, 0.2) is 0 Å². The lowest BCUT2D eigenvalue weighted by Crippen LogP contribution is -1.87. The lowest BCUT2D eigenvalue weighted by Gasteiger charge is -1.94. The Labute approximate surface area is 53.4 Å². The largest absolute Gasteiger partial charge is 0.0891 e. The van der Waals surface area contributed by atoms with Crippen molar-refractivity contribution < 1.29 is 0 Å². The van der Waals surface area contributed by atoms with Crippen molar-refractivity contribution in [3.05, 3.63) is 0 Å². The van der Waals surface area contributed by atoms with Gasteiger partial charge in [0, 0.05) is 4.83 Å². The molecule has 0 aromatic rings. The van der Waals surface area contributed by atoms with E-state index in [4.69, 9.17) is 0 Å². The molecule has 0 nitrogen and oxygen atoms in total. The maximum absolute atomic E-state index is 3.58. The van der Waals surface area contributed by atoms with E-state index in [0.29, 0.717) is 0 Å². The minimum atomic E-state index is 0.836. The van der Waals surface area contributed by atoms with E-state index in [2.05, 4.69) is 22.9 Å². The molecule has 0 unspecified atom stereocenters. The zero-order chi connectivity index (χ0) is 5.28. The van der Waals surface area contributed by atoms with Gasteiger partial charge in [-0.15, -0.1) is 0 Å². The highest BCUT2D eigenvalue weighted by molar-refractivity contribution is 9.09. The molecule has 42 valence electrons. The number of hydrogen-bond donors (Lipinski definition) is 0. The van der Waals surface area contributed by atoms with Gasteiger partial charge in [0.15, 0.2) is 0 Å². The molecule has 1 fully saturated rings. The van der Waals surface area contributed by atoms with Crippen LogP contribution in [0.2, 0.25) is 0 Å². The number of rotatable bonds is 0. The molecule has 0 saturated heterocycles. The van der Waals surface area contributed by atoms with E-state index in [-0.39, 0.29) is 0 Å². The molecule has 0 aromatic carbocycles. The smallest absolute Gasteiger partial charge is 0.0148 e. The van der Waals surface area contributed by atoms with Gasteiger partial charge < -0.3 is 0 Å². The molecule has 0 bridgehead atoms. The summed E-state index contributed by atoms with van der Waals surface area (Å²) >= 11 is 3.58. The molecule has 0 aliphatic heterocycles. The highest BCUT2D eigenvalue weighted by Gasteiger charge is 2.17. The molecule has 0 amide bonds. The monoisotopic (exact) mass is 162 g/mol. The second kappa shape index (κ2) is 2.17. The highest BCUT2D eigenvalue weighted by atomic mass is 79.9. The van der Waals surface area contributed by atoms with Crippen LogP contribution < -0.4 is 0 Å². The van der Waals surface area contributed by atoms with E-state index >= 15 is 0 Å². The minimum absolute atomic E-state index is 0.836. The van der Waals surface area contributed by atoms with Crippen molar-refractivity contribution in [3.8, 4) is 0 Å². The van der Waals surface area contributed by atoms with Crippen LogP contribution in [-0.4, -0.2) is 4.83 Å². The summed E-state index contributed by atoms with van der Waals surface area (Å²) in [6, 6.07) is 0. The van der Waals surface area contributed by atoms with Crippen LogP contribution in [0.3, 0.4) is 0 Å². The first-order valence-corrected chi connectivity index (χ1v) is 3.84. The summed E-state index contributed by atoms with van der Waals surface area (Å²) in [5, 5.41) is 0.